The standard InChI is InChI=1S/C8H11N.C2H6/c1-7(2)4-5-8(3)6-9;1-2/h4-5H,1-3H3;1-2H3/b8-5+;. The number of hydrogen-bond donors (Lipinski definition) is 0. The highest BCUT2D eigenvalue weighted by atomic mass is 14.2. The van der Waals surface area contributed by atoms with Gasteiger partial charge < -0.3 is 0 Å². The maximum atomic E-state index is 8.30. The summed E-state index contributed by atoms with van der Waals surface area (Å²) in [6.45, 7) is 9.79. The Labute approximate surface area is 70.0 Å². The third kappa shape index (κ3) is 12.2. The second-order valence-electron chi connectivity index (χ2n) is 2.21. The van der Waals surface area contributed by atoms with E-state index in [4.69, 9.17) is 5.26 Å². The summed E-state index contributed by atoms with van der Waals surface area (Å²) in [6, 6.07) is 2.04. The second-order valence-corrected chi connectivity index (χ2v) is 2.21. The first kappa shape index (κ1) is 12.6. The zero-order valence-electron chi connectivity index (χ0n) is 8.10. The van der Waals surface area contributed by atoms with Gasteiger partial charge in [-0.3, -0.25) is 0 Å². The van der Waals surface area contributed by atoms with Crippen molar-refractivity contribution in [1.29, 1.82) is 5.26 Å². The van der Waals surface area contributed by atoms with Crippen molar-refractivity contribution in [3.63, 3.8) is 0 Å². The normalized spacial score (nSPS) is 8.91. The summed E-state index contributed by atoms with van der Waals surface area (Å²) < 4.78 is 0. The monoisotopic (exact) mass is 151 g/mol. The van der Waals surface area contributed by atoms with Gasteiger partial charge in [0.1, 0.15) is 0 Å². The average Bonchev–Trinajstić information content (AvgIpc) is 2.04. The Balaban J connectivity index is 0. The van der Waals surface area contributed by atoms with Gasteiger partial charge in [0.2, 0.25) is 0 Å². The van der Waals surface area contributed by atoms with E-state index in [1.807, 2.05) is 45.9 Å². The van der Waals surface area contributed by atoms with E-state index in [2.05, 4.69) is 0 Å². The van der Waals surface area contributed by atoms with Crippen molar-refractivity contribution in [2.75, 3.05) is 0 Å². The Hall–Kier alpha value is -1.03. The lowest BCUT2D eigenvalue weighted by Crippen LogP contribution is -1.65. The summed E-state index contributed by atoms with van der Waals surface area (Å²) in [5.41, 5.74) is 1.96. The van der Waals surface area contributed by atoms with Gasteiger partial charge in [-0.25, -0.2) is 0 Å². The van der Waals surface area contributed by atoms with E-state index in [-0.39, 0.29) is 0 Å². The minimum Gasteiger partial charge on any atom is -0.193 e. The lowest BCUT2D eigenvalue weighted by Gasteiger charge is -1.82. The molecule has 0 unspecified atom stereocenters. The Morgan fingerprint density at radius 3 is 1.82 bits per heavy atom. The SMILES string of the molecule is CC.CC(C)=C/C=C(\C)C#N. The van der Waals surface area contributed by atoms with Gasteiger partial charge in [0.15, 0.2) is 0 Å². The van der Waals surface area contributed by atoms with Crippen molar-refractivity contribution in [2.24, 2.45) is 0 Å². The molecular formula is C10H17N. The molecule has 0 aliphatic rings. The largest absolute Gasteiger partial charge is 0.193 e. The lowest BCUT2D eigenvalue weighted by molar-refractivity contribution is 1.38. The van der Waals surface area contributed by atoms with Gasteiger partial charge in [-0.15, -0.1) is 0 Å². The maximum Gasteiger partial charge on any atom is 0.0944 e. The van der Waals surface area contributed by atoms with Crippen LogP contribution >= 0.6 is 0 Å². The van der Waals surface area contributed by atoms with Gasteiger partial charge in [-0.1, -0.05) is 25.5 Å². The van der Waals surface area contributed by atoms with Gasteiger partial charge in [-0.2, -0.15) is 5.26 Å². The van der Waals surface area contributed by atoms with Gasteiger partial charge in [0.25, 0.3) is 0 Å². The Morgan fingerprint density at radius 2 is 1.55 bits per heavy atom. The van der Waals surface area contributed by atoms with Crippen molar-refractivity contribution in [1.82, 2.24) is 0 Å². The van der Waals surface area contributed by atoms with Gasteiger partial charge in [0, 0.05) is 5.57 Å². The highest BCUT2D eigenvalue weighted by Crippen LogP contribution is 1.93. The number of rotatable bonds is 1. The molecule has 1 heteroatoms. The molecule has 0 saturated carbocycles. The molecule has 0 aliphatic heterocycles. The van der Waals surface area contributed by atoms with Gasteiger partial charge >= 0.3 is 0 Å². The van der Waals surface area contributed by atoms with Crippen molar-refractivity contribution in [3.05, 3.63) is 23.3 Å². The Kier molecular flexibility index (Phi) is 10.3. The highest BCUT2D eigenvalue weighted by Gasteiger charge is 1.77. The van der Waals surface area contributed by atoms with Crippen LogP contribution in [0.1, 0.15) is 34.6 Å². The van der Waals surface area contributed by atoms with Crippen molar-refractivity contribution in [3.8, 4) is 6.07 Å². The van der Waals surface area contributed by atoms with Crippen molar-refractivity contribution < 1.29 is 0 Å². The number of nitrogens with zero attached hydrogens (tertiary/aromatic N) is 1. The minimum absolute atomic E-state index is 0.746. The summed E-state index contributed by atoms with van der Waals surface area (Å²) in [5, 5.41) is 8.30. The smallest absolute Gasteiger partial charge is 0.0944 e. The predicted octanol–water partition coefficient (Wildman–Crippen LogP) is 3.45. The van der Waals surface area contributed by atoms with Crippen LogP contribution in [-0.4, -0.2) is 0 Å². The minimum atomic E-state index is 0.746. The third-order valence-electron chi connectivity index (χ3n) is 0.843. The molecule has 0 fully saturated rings. The van der Waals surface area contributed by atoms with Crippen molar-refractivity contribution in [2.45, 2.75) is 34.6 Å². The predicted molar refractivity (Wildman–Crippen MR) is 50.1 cm³/mol. The zero-order chi connectivity index (χ0) is 9.28. The van der Waals surface area contributed by atoms with Crippen LogP contribution in [0.25, 0.3) is 0 Å². The average molecular weight is 151 g/mol. The van der Waals surface area contributed by atoms with E-state index in [1.165, 1.54) is 5.57 Å². The first-order valence-electron chi connectivity index (χ1n) is 3.88. The fraction of sp³-hybridized carbons (Fsp3) is 0.500. The summed E-state index contributed by atoms with van der Waals surface area (Å²) in [7, 11) is 0. The van der Waals surface area contributed by atoms with Crippen LogP contribution in [0.5, 0.6) is 0 Å². The number of allylic oxidation sites excluding steroid dienone is 4. The topological polar surface area (TPSA) is 23.8 Å². The molecule has 0 spiro atoms. The summed E-state index contributed by atoms with van der Waals surface area (Å²) in [5.74, 6) is 0. The molecule has 0 aliphatic carbocycles. The quantitative estimate of drug-likeness (QED) is 0.416. The van der Waals surface area contributed by atoms with E-state index in [0.717, 1.165) is 5.57 Å². The Morgan fingerprint density at radius 1 is 1.09 bits per heavy atom. The molecule has 0 aromatic heterocycles. The molecule has 0 amide bonds. The first-order valence-corrected chi connectivity index (χ1v) is 3.88. The van der Waals surface area contributed by atoms with E-state index < -0.39 is 0 Å². The zero-order valence-corrected chi connectivity index (χ0v) is 8.10. The van der Waals surface area contributed by atoms with Crippen molar-refractivity contribution >= 4 is 0 Å². The maximum absolute atomic E-state index is 8.30. The molecule has 0 N–H and O–H groups in total. The molecule has 0 atom stereocenters. The number of nitriles is 1. The van der Waals surface area contributed by atoms with Crippen LogP contribution in [0.15, 0.2) is 23.3 Å². The molecule has 62 valence electrons. The van der Waals surface area contributed by atoms with E-state index >= 15 is 0 Å². The first-order chi connectivity index (χ1) is 5.16. The molecular weight excluding hydrogens is 134 g/mol. The summed E-state index contributed by atoms with van der Waals surface area (Å²) >= 11 is 0. The highest BCUT2D eigenvalue weighted by molar-refractivity contribution is 5.24. The van der Waals surface area contributed by atoms with Crippen LogP contribution in [0.2, 0.25) is 0 Å². The molecule has 0 saturated heterocycles. The second kappa shape index (κ2) is 8.97. The molecule has 0 aromatic rings. The molecule has 0 rings (SSSR count). The van der Waals surface area contributed by atoms with E-state index in [1.54, 1.807) is 6.92 Å². The fourth-order valence-electron chi connectivity index (χ4n) is 0.329. The van der Waals surface area contributed by atoms with Gasteiger partial charge in [0.05, 0.1) is 6.07 Å². The lowest BCUT2D eigenvalue weighted by atomic mass is 10.2. The van der Waals surface area contributed by atoms with Crippen LogP contribution in [0.3, 0.4) is 0 Å². The molecule has 1 nitrogen and oxygen atoms in total. The summed E-state index contributed by atoms with van der Waals surface area (Å²) in [4.78, 5) is 0. The molecule has 11 heavy (non-hydrogen) atoms. The fourth-order valence-corrected chi connectivity index (χ4v) is 0.329. The third-order valence-corrected chi connectivity index (χ3v) is 0.843. The van der Waals surface area contributed by atoms with Gasteiger partial charge in [-0.05, 0) is 26.8 Å². The molecule has 0 heterocycles. The van der Waals surface area contributed by atoms with E-state index in [0.29, 0.717) is 0 Å². The van der Waals surface area contributed by atoms with Crippen LogP contribution in [0.4, 0.5) is 0 Å². The summed E-state index contributed by atoms with van der Waals surface area (Å²) in [6.07, 6.45) is 3.74. The van der Waals surface area contributed by atoms with Crippen LogP contribution in [-0.2, 0) is 0 Å². The van der Waals surface area contributed by atoms with E-state index in [9.17, 15) is 0 Å². The molecule has 0 radical (unpaired) electrons. The Bertz CT molecular complexity index is 176. The van der Waals surface area contributed by atoms with Crippen LogP contribution in [0, 0.1) is 11.3 Å². The molecule has 0 bridgehead atoms. The number of hydrogen-bond acceptors (Lipinski definition) is 1. The molecule has 0 aromatic carbocycles. The van der Waals surface area contributed by atoms with Crippen LogP contribution < -0.4 is 0 Å².